The number of hydrogen-bond acceptors (Lipinski definition) is 5. The lowest BCUT2D eigenvalue weighted by molar-refractivity contribution is 0.0950. The molecule has 0 aliphatic heterocycles. The van der Waals surface area contributed by atoms with E-state index in [-0.39, 0.29) is 5.91 Å². The van der Waals surface area contributed by atoms with E-state index in [1.54, 1.807) is 0 Å². The van der Waals surface area contributed by atoms with Crippen LogP contribution in [0.25, 0.3) is 0 Å². The van der Waals surface area contributed by atoms with E-state index in [2.05, 4.69) is 48.1 Å². The standard InChI is InChI=1S/C21H31N3O3/c1-6-22-21(25)19-14-27-20(23-19)13-24(16(5)15(3)4)12-17-8-10-18(11-9-17)26-7-2/h8-11,14-16H,6-7,12-13H2,1-5H3,(H,22,25). The third kappa shape index (κ3) is 6.10. The zero-order valence-electron chi connectivity index (χ0n) is 17.0. The normalized spacial score (nSPS) is 12.4. The number of rotatable bonds is 10. The van der Waals surface area contributed by atoms with E-state index in [1.807, 2.05) is 26.0 Å². The predicted molar refractivity (Wildman–Crippen MR) is 106 cm³/mol. The number of oxazole rings is 1. The SMILES string of the molecule is CCNC(=O)c1coc(CN(Cc2ccc(OCC)cc2)C(C)C(C)C)n1. The number of nitrogens with zero attached hydrogens (tertiary/aromatic N) is 2. The van der Waals surface area contributed by atoms with Crippen LogP contribution in [-0.2, 0) is 13.1 Å². The summed E-state index contributed by atoms with van der Waals surface area (Å²) in [6.45, 7) is 13.0. The van der Waals surface area contributed by atoms with Crippen molar-refractivity contribution in [2.75, 3.05) is 13.2 Å². The average molecular weight is 373 g/mol. The summed E-state index contributed by atoms with van der Waals surface area (Å²) in [5.41, 5.74) is 1.52. The van der Waals surface area contributed by atoms with Gasteiger partial charge in [0.2, 0.25) is 5.89 Å². The molecular weight excluding hydrogens is 342 g/mol. The lowest BCUT2D eigenvalue weighted by atomic mass is 10.0. The van der Waals surface area contributed by atoms with Crippen molar-refractivity contribution in [3.63, 3.8) is 0 Å². The summed E-state index contributed by atoms with van der Waals surface area (Å²) >= 11 is 0. The van der Waals surface area contributed by atoms with Gasteiger partial charge in [-0.3, -0.25) is 9.69 Å². The first kappa shape index (κ1) is 21.0. The molecule has 6 nitrogen and oxygen atoms in total. The summed E-state index contributed by atoms with van der Waals surface area (Å²) in [6, 6.07) is 8.49. The fourth-order valence-electron chi connectivity index (χ4n) is 2.77. The van der Waals surface area contributed by atoms with E-state index in [1.165, 1.54) is 11.8 Å². The topological polar surface area (TPSA) is 67.6 Å². The Kier molecular flexibility index (Phi) is 7.85. The number of ether oxygens (including phenoxy) is 1. The van der Waals surface area contributed by atoms with Crippen LogP contribution in [0.4, 0.5) is 0 Å². The van der Waals surface area contributed by atoms with Gasteiger partial charge in [-0.2, -0.15) is 0 Å². The quantitative estimate of drug-likeness (QED) is 0.685. The van der Waals surface area contributed by atoms with E-state index in [4.69, 9.17) is 9.15 Å². The predicted octanol–water partition coefficient (Wildman–Crippen LogP) is 3.87. The second kappa shape index (κ2) is 10.1. The molecule has 2 aromatic rings. The van der Waals surface area contributed by atoms with Crippen LogP contribution >= 0.6 is 0 Å². The van der Waals surface area contributed by atoms with Crippen molar-refractivity contribution >= 4 is 5.91 Å². The van der Waals surface area contributed by atoms with Crippen LogP contribution < -0.4 is 10.1 Å². The highest BCUT2D eigenvalue weighted by atomic mass is 16.5. The van der Waals surface area contributed by atoms with Crippen molar-refractivity contribution < 1.29 is 13.9 Å². The van der Waals surface area contributed by atoms with Gasteiger partial charge in [-0.05, 0) is 44.4 Å². The Morgan fingerprint density at radius 1 is 1.19 bits per heavy atom. The Bertz CT molecular complexity index is 710. The highest BCUT2D eigenvalue weighted by molar-refractivity contribution is 5.91. The van der Waals surface area contributed by atoms with Crippen LogP contribution in [0.1, 0.15) is 56.6 Å². The van der Waals surface area contributed by atoms with Crippen molar-refractivity contribution in [1.29, 1.82) is 0 Å². The Morgan fingerprint density at radius 3 is 2.48 bits per heavy atom. The number of hydrogen-bond donors (Lipinski definition) is 1. The second-order valence-corrected chi connectivity index (χ2v) is 6.95. The largest absolute Gasteiger partial charge is 0.494 e. The van der Waals surface area contributed by atoms with Crippen molar-refractivity contribution in [3.8, 4) is 5.75 Å². The first-order chi connectivity index (χ1) is 12.9. The Morgan fingerprint density at radius 2 is 1.89 bits per heavy atom. The highest BCUT2D eigenvalue weighted by Gasteiger charge is 2.21. The van der Waals surface area contributed by atoms with Gasteiger partial charge >= 0.3 is 0 Å². The summed E-state index contributed by atoms with van der Waals surface area (Å²) < 4.78 is 11.1. The Hall–Kier alpha value is -2.34. The molecule has 1 atom stereocenters. The summed E-state index contributed by atoms with van der Waals surface area (Å²) in [4.78, 5) is 18.6. The van der Waals surface area contributed by atoms with E-state index in [0.29, 0.717) is 43.2 Å². The highest BCUT2D eigenvalue weighted by Crippen LogP contribution is 2.20. The van der Waals surface area contributed by atoms with E-state index < -0.39 is 0 Å². The minimum Gasteiger partial charge on any atom is -0.494 e. The molecule has 0 saturated carbocycles. The van der Waals surface area contributed by atoms with Crippen LogP contribution in [-0.4, -0.2) is 35.0 Å². The van der Waals surface area contributed by atoms with Gasteiger partial charge in [0.25, 0.3) is 5.91 Å². The number of carbonyl (C=O) groups is 1. The summed E-state index contributed by atoms with van der Waals surface area (Å²) in [7, 11) is 0. The molecule has 0 spiro atoms. The first-order valence-corrected chi connectivity index (χ1v) is 9.62. The smallest absolute Gasteiger partial charge is 0.273 e. The maximum Gasteiger partial charge on any atom is 0.273 e. The molecule has 1 heterocycles. The fourth-order valence-corrected chi connectivity index (χ4v) is 2.77. The lowest BCUT2D eigenvalue weighted by Gasteiger charge is -2.30. The van der Waals surface area contributed by atoms with Crippen molar-refractivity contribution in [2.24, 2.45) is 5.92 Å². The van der Waals surface area contributed by atoms with Gasteiger partial charge in [0, 0.05) is 19.1 Å². The van der Waals surface area contributed by atoms with Gasteiger partial charge in [0.15, 0.2) is 5.69 Å². The van der Waals surface area contributed by atoms with Crippen molar-refractivity contribution in [3.05, 3.63) is 47.7 Å². The Balaban J connectivity index is 2.11. The lowest BCUT2D eigenvalue weighted by Crippen LogP contribution is -2.36. The van der Waals surface area contributed by atoms with Crippen LogP contribution in [0.5, 0.6) is 5.75 Å². The average Bonchev–Trinajstić information content (AvgIpc) is 3.11. The van der Waals surface area contributed by atoms with Gasteiger partial charge in [-0.1, -0.05) is 26.0 Å². The maximum absolute atomic E-state index is 11.9. The molecule has 0 radical (unpaired) electrons. The summed E-state index contributed by atoms with van der Waals surface area (Å²) in [5, 5.41) is 2.74. The summed E-state index contributed by atoms with van der Waals surface area (Å²) in [6.07, 6.45) is 1.43. The van der Waals surface area contributed by atoms with Crippen LogP contribution in [0, 0.1) is 5.92 Å². The van der Waals surface area contributed by atoms with Gasteiger partial charge in [-0.15, -0.1) is 0 Å². The van der Waals surface area contributed by atoms with Crippen molar-refractivity contribution in [2.45, 2.75) is 53.8 Å². The second-order valence-electron chi connectivity index (χ2n) is 6.95. The third-order valence-electron chi connectivity index (χ3n) is 4.62. The zero-order chi connectivity index (χ0) is 19.8. The van der Waals surface area contributed by atoms with E-state index in [0.717, 1.165) is 12.3 Å². The Labute approximate surface area is 161 Å². The molecule has 1 aromatic carbocycles. The van der Waals surface area contributed by atoms with Crippen LogP contribution in [0.2, 0.25) is 0 Å². The monoisotopic (exact) mass is 373 g/mol. The van der Waals surface area contributed by atoms with Crippen molar-refractivity contribution in [1.82, 2.24) is 15.2 Å². The maximum atomic E-state index is 11.9. The molecule has 0 aliphatic rings. The molecule has 2 rings (SSSR count). The van der Waals surface area contributed by atoms with Gasteiger partial charge < -0.3 is 14.5 Å². The van der Waals surface area contributed by atoms with Crippen LogP contribution in [0.3, 0.4) is 0 Å². The molecule has 1 aromatic heterocycles. The molecule has 0 saturated heterocycles. The molecule has 27 heavy (non-hydrogen) atoms. The molecule has 148 valence electrons. The fraction of sp³-hybridized carbons (Fsp3) is 0.524. The number of aromatic nitrogens is 1. The van der Waals surface area contributed by atoms with Gasteiger partial charge in [0.05, 0.1) is 13.2 Å². The van der Waals surface area contributed by atoms with E-state index in [9.17, 15) is 4.79 Å². The number of benzene rings is 1. The number of amides is 1. The molecule has 6 heteroatoms. The number of carbonyl (C=O) groups excluding carboxylic acids is 1. The molecular formula is C21H31N3O3. The summed E-state index contributed by atoms with van der Waals surface area (Å²) in [5.74, 6) is 1.70. The van der Waals surface area contributed by atoms with E-state index >= 15 is 0 Å². The van der Waals surface area contributed by atoms with Gasteiger partial charge in [-0.25, -0.2) is 4.98 Å². The molecule has 1 N–H and O–H groups in total. The molecule has 1 unspecified atom stereocenters. The molecule has 0 aliphatic carbocycles. The first-order valence-electron chi connectivity index (χ1n) is 9.62. The zero-order valence-corrected chi connectivity index (χ0v) is 17.0. The van der Waals surface area contributed by atoms with Gasteiger partial charge in [0.1, 0.15) is 12.0 Å². The molecule has 0 bridgehead atoms. The third-order valence-corrected chi connectivity index (χ3v) is 4.62. The molecule has 0 fully saturated rings. The number of nitrogens with one attached hydrogen (secondary N) is 1. The minimum absolute atomic E-state index is 0.206. The minimum atomic E-state index is -0.206. The molecule has 1 amide bonds. The van der Waals surface area contributed by atoms with Crippen LogP contribution in [0.15, 0.2) is 34.9 Å².